The first-order chi connectivity index (χ1) is 12.9. The number of carbonyl (C=O) groups is 1. The minimum Gasteiger partial charge on any atom is -0.359 e. The van der Waals surface area contributed by atoms with Crippen LogP contribution in [0.2, 0.25) is 0 Å². The van der Waals surface area contributed by atoms with Gasteiger partial charge in [0.15, 0.2) is 5.60 Å². The summed E-state index contributed by atoms with van der Waals surface area (Å²) in [5.41, 5.74) is 0.477. The van der Waals surface area contributed by atoms with E-state index in [0.717, 1.165) is 17.7 Å². The summed E-state index contributed by atoms with van der Waals surface area (Å²) < 4.78 is 5.90. The number of rotatable bonds is 9. The van der Waals surface area contributed by atoms with Crippen molar-refractivity contribution < 1.29 is 9.53 Å². The number of nitrogens with one attached hydrogen (secondary N) is 1. The standard InChI is InChI=1S/C23H32N2O2.ClH/c1-18(2)25(19(3)4)17-16-24-22(26)23(27-5,20-12-8-6-9-13-20)21-14-10-7-11-15-21;/h6-15,18-19H,16-17H2,1-5H3,(H,24,26);1H. The Morgan fingerprint density at radius 3 is 1.71 bits per heavy atom. The highest BCUT2D eigenvalue weighted by molar-refractivity contribution is 5.90. The van der Waals surface area contributed by atoms with Crippen molar-refractivity contribution in [2.45, 2.75) is 45.4 Å². The van der Waals surface area contributed by atoms with Crippen molar-refractivity contribution in [1.82, 2.24) is 10.2 Å². The van der Waals surface area contributed by atoms with Crippen LogP contribution in [0.15, 0.2) is 60.7 Å². The summed E-state index contributed by atoms with van der Waals surface area (Å²) in [6.07, 6.45) is 0. The third-order valence-corrected chi connectivity index (χ3v) is 4.97. The molecular formula is C23H33ClN2O2. The number of carbonyl (C=O) groups excluding carboxylic acids is 1. The van der Waals surface area contributed by atoms with E-state index >= 15 is 0 Å². The molecule has 4 nitrogen and oxygen atoms in total. The molecule has 0 aliphatic heterocycles. The summed E-state index contributed by atoms with van der Waals surface area (Å²) in [5.74, 6) is -0.144. The average Bonchev–Trinajstić information content (AvgIpc) is 2.67. The molecule has 0 heterocycles. The summed E-state index contributed by atoms with van der Waals surface area (Å²) in [4.78, 5) is 15.7. The largest absolute Gasteiger partial charge is 0.359 e. The van der Waals surface area contributed by atoms with Crippen LogP contribution in [0.25, 0.3) is 0 Å². The van der Waals surface area contributed by atoms with Gasteiger partial charge in [-0.1, -0.05) is 60.7 Å². The van der Waals surface area contributed by atoms with Crippen molar-refractivity contribution in [3.8, 4) is 0 Å². The highest BCUT2D eigenvalue weighted by Gasteiger charge is 2.42. The van der Waals surface area contributed by atoms with E-state index in [0.29, 0.717) is 18.6 Å². The molecule has 0 bridgehead atoms. The summed E-state index contributed by atoms with van der Waals surface area (Å²) in [7, 11) is 1.59. The molecule has 0 aliphatic rings. The van der Waals surface area contributed by atoms with E-state index in [1.54, 1.807) is 7.11 Å². The topological polar surface area (TPSA) is 41.6 Å². The molecule has 2 aromatic carbocycles. The second kappa shape index (κ2) is 11.2. The number of amides is 1. The van der Waals surface area contributed by atoms with Crippen LogP contribution in [0.1, 0.15) is 38.8 Å². The second-order valence-electron chi connectivity index (χ2n) is 7.30. The molecule has 0 aliphatic carbocycles. The molecule has 0 saturated heterocycles. The SMILES string of the molecule is COC(C(=O)NCCN(C(C)C)C(C)C)(c1ccccc1)c1ccccc1.Cl. The van der Waals surface area contributed by atoms with E-state index in [4.69, 9.17) is 4.74 Å². The fourth-order valence-corrected chi connectivity index (χ4v) is 3.64. The fourth-order valence-electron chi connectivity index (χ4n) is 3.64. The monoisotopic (exact) mass is 404 g/mol. The number of methoxy groups -OCH3 is 1. The van der Waals surface area contributed by atoms with Crippen LogP contribution in [-0.2, 0) is 15.1 Å². The van der Waals surface area contributed by atoms with Crippen molar-refractivity contribution in [2.75, 3.05) is 20.2 Å². The van der Waals surface area contributed by atoms with Gasteiger partial charge in [0.1, 0.15) is 0 Å². The molecular weight excluding hydrogens is 372 g/mol. The van der Waals surface area contributed by atoms with Gasteiger partial charge in [-0.2, -0.15) is 0 Å². The van der Waals surface area contributed by atoms with Crippen LogP contribution in [0.3, 0.4) is 0 Å². The van der Waals surface area contributed by atoms with Crippen LogP contribution < -0.4 is 5.32 Å². The molecule has 0 spiro atoms. The number of nitrogens with zero attached hydrogens (tertiary/aromatic N) is 1. The van der Waals surface area contributed by atoms with Crippen LogP contribution in [0.5, 0.6) is 0 Å². The average molecular weight is 405 g/mol. The Balaban J connectivity index is 0.00000392. The number of halogens is 1. The van der Waals surface area contributed by atoms with Crippen molar-refractivity contribution >= 4 is 18.3 Å². The van der Waals surface area contributed by atoms with Gasteiger partial charge < -0.3 is 10.1 Å². The third kappa shape index (κ3) is 5.34. The van der Waals surface area contributed by atoms with E-state index in [9.17, 15) is 4.79 Å². The molecule has 2 aromatic rings. The zero-order valence-corrected chi connectivity index (χ0v) is 18.3. The first kappa shape index (κ1) is 24.2. The van der Waals surface area contributed by atoms with Crippen LogP contribution in [0, 0.1) is 0 Å². The van der Waals surface area contributed by atoms with Gasteiger partial charge in [0.25, 0.3) is 5.91 Å². The van der Waals surface area contributed by atoms with E-state index < -0.39 is 5.60 Å². The van der Waals surface area contributed by atoms with Crippen LogP contribution in [-0.4, -0.2) is 43.1 Å². The van der Waals surface area contributed by atoms with Crippen molar-refractivity contribution in [1.29, 1.82) is 0 Å². The van der Waals surface area contributed by atoms with Gasteiger partial charge >= 0.3 is 0 Å². The van der Waals surface area contributed by atoms with Gasteiger partial charge in [-0.15, -0.1) is 12.4 Å². The predicted octanol–water partition coefficient (Wildman–Crippen LogP) is 4.23. The van der Waals surface area contributed by atoms with Gasteiger partial charge in [-0.3, -0.25) is 9.69 Å². The molecule has 1 amide bonds. The highest BCUT2D eigenvalue weighted by Crippen LogP contribution is 2.33. The quantitative estimate of drug-likeness (QED) is 0.679. The third-order valence-electron chi connectivity index (χ3n) is 4.97. The zero-order chi connectivity index (χ0) is 19.9. The highest BCUT2D eigenvalue weighted by atomic mass is 35.5. The van der Waals surface area contributed by atoms with E-state index in [-0.39, 0.29) is 18.3 Å². The van der Waals surface area contributed by atoms with Crippen LogP contribution in [0.4, 0.5) is 0 Å². The molecule has 0 atom stereocenters. The first-order valence-corrected chi connectivity index (χ1v) is 9.63. The second-order valence-corrected chi connectivity index (χ2v) is 7.30. The molecule has 0 saturated carbocycles. The Labute approximate surface area is 175 Å². The molecule has 0 fully saturated rings. The van der Waals surface area contributed by atoms with Crippen molar-refractivity contribution in [3.63, 3.8) is 0 Å². The normalized spacial score (nSPS) is 11.6. The maximum Gasteiger partial charge on any atom is 0.261 e. The van der Waals surface area contributed by atoms with Gasteiger partial charge in [-0.05, 0) is 38.8 Å². The first-order valence-electron chi connectivity index (χ1n) is 9.63. The lowest BCUT2D eigenvalue weighted by Gasteiger charge is -2.34. The van der Waals surface area contributed by atoms with Crippen LogP contribution >= 0.6 is 12.4 Å². The number of hydrogen-bond donors (Lipinski definition) is 1. The molecule has 2 rings (SSSR count). The molecule has 154 valence electrons. The minimum absolute atomic E-state index is 0. The molecule has 0 aromatic heterocycles. The predicted molar refractivity (Wildman–Crippen MR) is 118 cm³/mol. The minimum atomic E-state index is -1.16. The Bertz CT molecular complexity index is 658. The number of hydrogen-bond acceptors (Lipinski definition) is 3. The lowest BCUT2D eigenvalue weighted by Crippen LogP contribution is -2.49. The van der Waals surface area contributed by atoms with Gasteiger partial charge in [0.2, 0.25) is 0 Å². The Hall–Kier alpha value is -1.88. The van der Waals surface area contributed by atoms with Gasteiger partial charge in [-0.25, -0.2) is 0 Å². The summed E-state index contributed by atoms with van der Waals surface area (Å²) in [6, 6.07) is 20.2. The summed E-state index contributed by atoms with van der Waals surface area (Å²) in [5, 5.41) is 3.11. The van der Waals surface area contributed by atoms with Gasteiger partial charge in [0.05, 0.1) is 0 Å². The fraction of sp³-hybridized carbons (Fsp3) is 0.435. The van der Waals surface area contributed by atoms with E-state index in [2.05, 4.69) is 37.9 Å². The van der Waals surface area contributed by atoms with Crippen molar-refractivity contribution in [3.05, 3.63) is 71.8 Å². The Kier molecular flexibility index (Phi) is 9.66. The molecule has 0 unspecified atom stereocenters. The lowest BCUT2D eigenvalue weighted by atomic mass is 9.85. The molecule has 1 N–H and O–H groups in total. The van der Waals surface area contributed by atoms with Gasteiger partial charge in [0, 0.05) is 32.3 Å². The molecule has 5 heteroatoms. The summed E-state index contributed by atoms with van der Waals surface area (Å²) in [6.45, 7) is 10.1. The maximum atomic E-state index is 13.4. The molecule has 28 heavy (non-hydrogen) atoms. The zero-order valence-electron chi connectivity index (χ0n) is 17.5. The maximum absolute atomic E-state index is 13.4. The molecule has 0 radical (unpaired) electrons. The Morgan fingerprint density at radius 2 is 1.36 bits per heavy atom. The number of ether oxygens (including phenoxy) is 1. The number of benzene rings is 2. The van der Waals surface area contributed by atoms with Crippen molar-refractivity contribution in [2.24, 2.45) is 0 Å². The smallest absolute Gasteiger partial charge is 0.261 e. The lowest BCUT2D eigenvalue weighted by molar-refractivity contribution is -0.140. The Morgan fingerprint density at radius 1 is 0.929 bits per heavy atom. The van der Waals surface area contributed by atoms with E-state index in [1.165, 1.54) is 0 Å². The van der Waals surface area contributed by atoms with E-state index in [1.807, 2.05) is 60.7 Å². The summed E-state index contributed by atoms with van der Waals surface area (Å²) >= 11 is 0.